The van der Waals surface area contributed by atoms with E-state index in [-0.39, 0.29) is 5.91 Å². The molecule has 0 heterocycles. The molecule has 0 fully saturated rings. The predicted molar refractivity (Wildman–Crippen MR) is 82.8 cm³/mol. The van der Waals surface area contributed by atoms with E-state index in [2.05, 4.69) is 0 Å². The Hall–Kier alpha value is -2.18. The van der Waals surface area contributed by atoms with Crippen LogP contribution in [-0.2, 0) is 14.3 Å². The second-order valence-corrected chi connectivity index (χ2v) is 4.57. The number of rotatable bonds is 9. The zero-order chi connectivity index (χ0) is 16.4. The summed E-state index contributed by atoms with van der Waals surface area (Å²) in [5.41, 5.74) is 1.26. The van der Waals surface area contributed by atoms with E-state index in [4.69, 9.17) is 14.6 Å². The number of ether oxygens (including phenoxy) is 2. The minimum absolute atomic E-state index is 0.108. The van der Waals surface area contributed by atoms with Crippen molar-refractivity contribution in [2.75, 3.05) is 40.5 Å². The Kier molecular flexibility index (Phi) is 7.88. The van der Waals surface area contributed by atoms with Crippen LogP contribution < -0.4 is 0 Å². The van der Waals surface area contributed by atoms with Crippen LogP contribution in [0.15, 0.2) is 30.3 Å². The molecule has 22 heavy (non-hydrogen) atoms. The van der Waals surface area contributed by atoms with Crippen molar-refractivity contribution in [3.05, 3.63) is 41.5 Å². The van der Waals surface area contributed by atoms with Gasteiger partial charge in [0.2, 0.25) is 0 Å². The van der Waals surface area contributed by atoms with Crippen molar-refractivity contribution < 1.29 is 24.2 Å². The van der Waals surface area contributed by atoms with Crippen molar-refractivity contribution in [2.45, 2.75) is 0 Å². The average Bonchev–Trinajstić information content (AvgIpc) is 2.53. The molecule has 0 aliphatic rings. The number of hydrogen-bond acceptors (Lipinski definition) is 4. The molecule has 0 saturated carbocycles. The molecule has 1 aromatic rings. The van der Waals surface area contributed by atoms with Gasteiger partial charge in [0.25, 0.3) is 5.91 Å². The Morgan fingerprint density at radius 2 is 1.64 bits per heavy atom. The first-order chi connectivity index (χ1) is 10.6. The van der Waals surface area contributed by atoms with Crippen molar-refractivity contribution in [3.63, 3.8) is 0 Å². The molecule has 6 nitrogen and oxygen atoms in total. The van der Waals surface area contributed by atoms with Crippen molar-refractivity contribution in [3.8, 4) is 0 Å². The van der Waals surface area contributed by atoms with Gasteiger partial charge in [0.1, 0.15) is 0 Å². The predicted octanol–water partition coefficient (Wildman–Crippen LogP) is 1.52. The molecule has 0 saturated heterocycles. The van der Waals surface area contributed by atoms with E-state index < -0.39 is 5.97 Å². The fourth-order valence-corrected chi connectivity index (χ4v) is 1.80. The molecule has 6 heteroatoms. The van der Waals surface area contributed by atoms with E-state index in [9.17, 15) is 9.59 Å². The summed E-state index contributed by atoms with van der Waals surface area (Å²) in [6.45, 7) is 1.88. The number of nitrogens with zero attached hydrogens (tertiary/aromatic N) is 1. The van der Waals surface area contributed by atoms with E-state index in [1.54, 1.807) is 43.4 Å². The minimum atomic E-state index is -1.01. The highest BCUT2D eigenvalue weighted by Crippen LogP contribution is 2.09. The van der Waals surface area contributed by atoms with Gasteiger partial charge in [-0.3, -0.25) is 4.79 Å². The minimum Gasteiger partial charge on any atom is -0.478 e. The Morgan fingerprint density at radius 3 is 2.09 bits per heavy atom. The average molecular weight is 307 g/mol. The summed E-state index contributed by atoms with van der Waals surface area (Å²) in [7, 11) is 3.17. The van der Waals surface area contributed by atoms with Crippen molar-refractivity contribution in [2.24, 2.45) is 0 Å². The molecule has 0 radical (unpaired) electrons. The number of aliphatic carboxylic acids is 1. The van der Waals surface area contributed by atoms with Gasteiger partial charge >= 0.3 is 5.97 Å². The van der Waals surface area contributed by atoms with Crippen LogP contribution in [0.1, 0.15) is 15.9 Å². The van der Waals surface area contributed by atoms with Crippen LogP contribution >= 0.6 is 0 Å². The lowest BCUT2D eigenvalue weighted by molar-refractivity contribution is -0.131. The first kappa shape index (κ1) is 17.9. The van der Waals surface area contributed by atoms with Crippen molar-refractivity contribution >= 4 is 18.0 Å². The Labute approximate surface area is 129 Å². The van der Waals surface area contributed by atoms with Crippen molar-refractivity contribution in [1.29, 1.82) is 0 Å². The van der Waals surface area contributed by atoms with E-state index >= 15 is 0 Å². The summed E-state index contributed by atoms with van der Waals surface area (Å²) in [5, 5.41) is 8.58. The van der Waals surface area contributed by atoms with Gasteiger partial charge in [0.05, 0.1) is 13.2 Å². The molecule has 120 valence electrons. The zero-order valence-corrected chi connectivity index (χ0v) is 12.8. The van der Waals surface area contributed by atoms with E-state index in [0.717, 1.165) is 11.6 Å². The smallest absolute Gasteiger partial charge is 0.328 e. The third kappa shape index (κ3) is 6.07. The van der Waals surface area contributed by atoms with Gasteiger partial charge in [-0.15, -0.1) is 0 Å². The molecular formula is C16H21NO5. The molecule has 0 atom stereocenters. The maximum atomic E-state index is 12.4. The molecular weight excluding hydrogens is 286 g/mol. The van der Waals surface area contributed by atoms with Crippen LogP contribution in [0.4, 0.5) is 0 Å². The third-order valence-electron chi connectivity index (χ3n) is 2.99. The maximum absolute atomic E-state index is 12.4. The summed E-state index contributed by atoms with van der Waals surface area (Å²) < 4.78 is 10.0. The standard InChI is InChI=1S/C16H21NO5/c1-21-11-9-17(10-12-22-2)16(20)14-6-3-13(4-7-14)5-8-15(18)19/h3-8H,9-12H2,1-2H3,(H,18,19). The Balaban J connectivity index is 2.77. The molecule has 0 aromatic heterocycles. The largest absolute Gasteiger partial charge is 0.478 e. The zero-order valence-electron chi connectivity index (χ0n) is 12.8. The second-order valence-electron chi connectivity index (χ2n) is 4.57. The maximum Gasteiger partial charge on any atom is 0.328 e. The number of hydrogen-bond donors (Lipinski definition) is 1. The lowest BCUT2D eigenvalue weighted by Gasteiger charge is -2.22. The van der Waals surface area contributed by atoms with E-state index in [1.165, 1.54) is 6.08 Å². The molecule has 0 aliphatic carbocycles. The molecule has 0 spiro atoms. The lowest BCUT2D eigenvalue weighted by atomic mass is 10.1. The molecule has 1 aromatic carbocycles. The number of amides is 1. The molecule has 1 amide bonds. The Morgan fingerprint density at radius 1 is 1.09 bits per heavy atom. The van der Waals surface area contributed by atoms with Gasteiger partial charge in [0, 0.05) is 38.9 Å². The van der Waals surface area contributed by atoms with E-state index in [1.807, 2.05) is 0 Å². The SMILES string of the molecule is COCCN(CCOC)C(=O)c1ccc(C=CC(=O)O)cc1. The highest BCUT2D eigenvalue weighted by atomic mass is 16.5. The van der Waals surface area contributed by atoms with Crippen LogP contribution in [0.3, 0.4) is 0 Å². The summed E-state index contributed by atoms with van der Waals surface area (Å²) in [6.07, 6.45) is 2.53. The van der Waals surface area contributed by atoms with Crippen LogP contribution in [0.5, 0.6) is 0 Å². The van der Waals surface area contributed by atoms with Crippen LogP contribution in [0, 0.1) is 0 Å². The first-order valence-corrected chi connectivity index (χ1v) is 6.86. The number of carboxylic acid groups (broad SMARTS) is 1. The molecule has 0 bridgehead atoms. The third-order valence-corrected chi connectivity index (χ3v) is 2.99. The van der Waals surface area contributed by atoms with Crippen LogP contribution in [0.25, 0.3) is 6.08 Å². The number of carbonyl (C=O) groups excluding carboxylic acids is 1. The fraction of sp³-hybridized carbons (Fsp3) is 0.375. The van der Waals surface area contributed by atoms with Gasteiger partial charge in [-0.25, -0.2) is 4.79 Å². The molecule has 0 aliphatic heterocycles. The van der Waals surface area contributed by atoms with Gasteiger partial charge in [-0.05, 0) is 23.8 Å². The molecule has 0 unspecified atom stereocenters. The second kappa shape index (κ2) is 9.70. The highest BCUT2D eigenvalue weighted by Gasteiger charge is 2.15. The summed E-state index contributed by atoms with van der Waals surface area (Å²) >= 11 is 0. The summed E-state index contributed by atoms with van der Waals surface area (Å²) in [5.74, 6) is -1.12. The summed E-state index contributed by atoms with van der Waals surface area (Å²) in [6, 6.07) is 6.77. The number of methoxy groups -OCH3 is 2. The summed E-state index contributed by atoms with van der Waals surface area (Å²) in [4.78, 5) is 24.6. The Bertz CT molecular complexity index is 502. The number of benzene rings is 1. The van der Waals surface area contributed by atoms with E-state index in [0.29, 0.717) is 31.9 Å². The van der Waals surface area contributed by atoms with Crippen LogP contribution in [-0.4, -0.2) is 62.4 Å². The topological polar surface area (TPSA) is 76.1 Å². The quantitative estimate of drug-likeness (QED) is 0.700. The molecule has 1 N–H and O–H groups in total. The van der Waals surface area contributed by atoms with Crippen molar-refractivity contribution in [1.82, 2.24) is 4.90 Å². The lowest BCUT2D eigenvalue weighted by Crippen LogP contribution is -2.36. The molecule has 1 rings (SSSR count). The van der Waals surface area contributed by atoms with Gasteiger partial charge in [0.15, 0.2) is 0 Å². The fourth-order valence-electron chi connectivity index (χ4n) is 1.80. The first-order valence-electron chi connectivity index (χ1n) is 6.86. The normalized spacial score (nSPS) is 10.8. The number of carboxylic acids is 1. The van der Waals surface area contributed by atoms with Gasteiger partial charge < -0.3 is 19.5 Å². The highest BCUT2D eigenvalue weighted by molar-refractivity contribution is 5.94. The van der Waals surface area contributed by atoms with Gasteiger partial charge in [-0.2, -0.15) is 0 Å². The number of carbonyl (C=O) groups is 2. The van der Waals surface area contributed by atoms with Crippen LogP contribution in [0.2, 0.25) is 0 Å². The monoisotopic (exact) mass is 307 g/mol. The van der Waals surface area contributed by atoms with Gasteiger partial charge in [-0.1, -0.05) is 12.1 Å².